The predicted molar refractivity (Wildman–Crippen MR) is 82.1 cm³/mol. The first-order chi connectivity index (χ1) is 9.70. The summed E-state index contributed by atoms with van der Waals surface area (Å²) in [4.78, 5) is 11.5. The van der Waals surface area contributed by atoms with Crippen LogP contribution in [0.5, 0.6) is 0 Å². The number of hydrogen-bond donors (Lipinski definition) is 2. The summed E-state index contributed by atoms with van der Waals surface area (Å²) in [5.74, 6) is 0.628. The van der Waals surface area contributed by atoms with E-state index in [4.69, 9.17) is 4.74 Å². The molecule has 0 spiro atoms. The molecule has 4 nitrogen and oxygen atoms in total. The third kappa shape index (κ3) is 3.97. The fourth-order valence-electron chi connectivity index (χ4n) is 2.42. The molecule has 1 aliphatic heterocycles. The molecule has 1 unspecified atom stereocenters. The third-order valence-corrected chi connectivity index (χ3v) is 3.76. The third-order valence-electron chi connectivity index (χ3n) is 3.76. The second kappa shape index (κ2) is 7.29. The van der Waals surface area contributed by atoms with Crippen LogP contribution < -0.4 is 10.6 Å². The summed E-state index contributed by atoms with van der Waals surface area (Å²) in [7, 11) is 0. The Bertz CT molecular complexity index is 454. The van der Waals surface area contributed by atoms with Gasteiger partial charge in [0.05, 0.1) is 6.61 Å². The number of carbonyl (C=O) groups is 1. The summed E-state index contributed by atoms with van der Waals surface area (Å²) < 4.78 is 5.49. The number of nitrogens with one attached hydrogen (secondary N) is 2. The zero-order valence-corrected chi connectivity index (χ0v) is 12.4. The summed E-state index contributed by atoms with van der Waals surface area (Å²) in [6.45, 7) is 6.55. The van der Waals surface area contributed by atoms with Gasteiger partial charge in [-0.2, -0.15) is 0 Å². The average Bonchev–Trinajstić information content (AvgIpc) is 2.49. The second-order valence-corrected chi connectivity index (χ2v) is 5.34. The van der Waals surface area contributed by atoms with Crippen LogP contribution in [0.25, 0.3) is 0 Å². The molecule has 110 valence electrons. The van der Waals surface area contributed by atoms with Crippen LogP contribution in [0.2, 0.25) is 0 Å². The molecule has 1 heterocycles. The molecular formula is C16H24N2O2. The van der Waals surface area contributed by atoms with E-state index in [2.05, 4.69) is 16.7 Å². The molecular weight excluding hydrogens is 252 g/mol. The van der Waals surface area contributed by atoms with E-state index in [0.717, 1.165) is 43.1 Å². The molecule has 0 radical (unpaired) electrons. The maximum atomic E-state index is 11.5. The maximum Gasteiger partial charge on any atom is 0.224 e. The van der Waals surface area contributed by atoms with Gasteiger partial charge >= 0.3 is 0 Å². The van der Waals surface area contributed by atoms with Crippen molar-refractivity contribution in [1.82, 2.24) is 0 Å². The van der Waals surface area contributed by atoms with Gasteiger partial charge in [0.1, 0.15) is 0 Å². The van der Waals surface area contributed by atoms with Gasteiger partial charge in [-0.15, -0.1) is 0 Å². The van der Waals surface area contributed by atoms with E-state index in [-0.39, 0.29) is 5.91 Å². The Morgan fingerprint density at radius 1 is 1.40 bits per heavy atom. The van der Waals surface area contributed by atoms with Gasteiger partial charge in [0.15, 0.2) is 0 Å². The fourth-order valence-corrected chi connectivity index (χ4v) is 2.42. The zero-order chi connectivity index (χ0) is 14.4. The lowest BCUT2D eigenvalue weighted by Crippen LogP contribution is -2.24. The molecule has 4 heteroatoms. The SMILES string of the molecule is CCC(=O)Nc1cccc(NCC2CCCOC2)c1C. The van der Waals surface area contributed by atoms with Crippen molar-refractivity contribution in [3.05, 3.63) is 23.8 Å². The quantitative estimate of drug-likeness (QED) is 0.868. The average molecular weight is 276 g/mol. The monoisotopic (exact) mass is 276 g/mol. The summed E-state index contributed by atoms with van der Waals surface area (Å²) in [6, 6.07) is 5.97. The Morgan fingerprint density at radius 3 is 2.90 bits per heavy atom. The van der Waals surface area contributed by atoms with Crippen LogP contribution in [0.4, 0.5) is 11.4 Å². The fraction of sp³-hybridized carbons (Fsp3) is 0.562. The van der Waals surface area contributed by atoms with Crippen LogP contribution in [0, 0.1) is 12.8 Å². The summed E-state index contributed by atoms with van der Waals surface area (Å²) in [5, 5.41) is 6.42. The Morgan fingerprint density at radius 2 is 2.20 bits per heavy atom. The highest BCUT2D eigenvalue weighted by Gasteiger charge is 2.14. The van der Waals surface area contributed by atoms with E-state index in [0.29, 0.717) is 12.3 Å². The van der Waals surface area contributed by atoms with Crippen LogP contribution in [0.1, 0.15) is 31.7 Å². The topological polar surface area (TPSA) is 50.4 Å². The zero-order valence-electron chi connectivity index (χ0n) is 12.4. The van der Waals surface area contributed by atoms with Gasteiger partial charge in [-0.05, 0) is 43.4 Å². The van der Waals surface area contributed by atoms with E-state index >= 15 is 0 Å². The smallest absolute Gasteiger partial charge is 0.224 e. The highest BCUT2D eigenvalue weighted by molar-refractivity contribution is 5.92. The highest BCUT2D eigenvalue weighted by Crippen LogP contribution is 2.24. The number of benzene rings is 1. The van der Waals surface area contributed by atoms with Crippen LogP contribution in [0.15, 0.2) is 18.2 Å². The molecule has 0 bridgehead atoms. The van der Waals surface area contributed by atoms with E-state index in [1.165, 1.54) is 6.42 Å². The summed E-state index contributed by atoms with van der Waals surface area (Å²) >= 11 is 0. The van der Waals surface area contributed by atoms with Crippen molar-refractivity contribution in [3.63, 3.8) is 0 Å². The van der Waals surface area contributed by atoms with Crippen molar-refractivity contribution in [3.8, 4) is 0 Å². The summed E-state index contributed by atoms with van der Waals surface area (Å²) in [6.07, 6.45) is 2.87. The Hall–Kier alpha value is -1.55. The van der Waals surface area contributed by atoms with Gasteiger partial charge in [0.2, 0.25) is 5.91 Å². The van der Waals surface area contributed by atoms with Gasteiger partial charge < -0.3 is 15.4 Å². The van der Waals surface area contributed by atoms with Crippen LogP contribution in [-0.4, -0.2) is 25.7 Å². The minimum Gasteiger partial charge on any atom is -0.384 e. The molecule has 1 fully saturated rings. The van der Waals surface area contributed by atoms with Crippen molar-refractivity contribution in [2.45, 2.75) is 33.1 Å². The first kappa shape index (κ1) is 14.9. The van der Waals surface area contributed by atoms with E-state index in [1.54, 1.807) is 0 Å². The van der Waals surface area contributed by atoms with E-state index < -0.39 is 0 Å². The van der Waals surface area contributed by atoms with Gasteiger partial charge in [-0.1, -0.05) is 13.0 Å². The van der Waals surface area contributed by atoms with Crippen LogP contribution in [-0.2, 0) is 9.53 Å². The molecule has 0 saturated carbocycles. The molecule has 1 aromatic rings. The Labute approximate surface area is 120 Å². The Kier molecular flexibility index (Phi) is 5.41. The Balaban J connectivity index is 1.96. The molecule has 0 aliphatic carbocycles. The number of carbonyl (C=O) groups excluding carboxylic acids is 1. The lowest BCUT2D eigenvalue weighted by molar-refractivity contribution is -0.115. The van der Waals surface area contributed by atoms with Gasteiger partial charge in [0, 0.05) is 30.9 Å². The first-order valence-electron chi connectivity index (χ1n) is 7.41. The number of ether oxygens (including phenoxy) is 1. The minimum absolute atomic E-state index is 0.0472. The number of hydrogen-bond acceptors (Lipinski definition) is 3. The van der Waals surface area contributed by atoms with E-state index in [1.807, 2.05) is 26.0 Å². The normalized spacial score (nSPS) is 18.6. The molecule has 1 aromatic carbocycles. The standard InChI is InChI=1S/C16H24N2O2/c1-3-16(19)18-15-8-4-7-14(12(15)2)17-10-13-6-5-9-20-11-13/h4,7-8,13,17H,3,5-6,9-11H2,1-2H3,(H,18,19). The second-order valence-electron chi connectivity index (χ2n) is 5.34. The molecule has 1 amide bonds. The predicted octanol–water partition coefficient (Wildman–Crippen LogP) is 3.18. The molecule has 1 atom stereocenters. The lowest BCUT2D eigenvalue weighted by Gasteiger charge is -2.23. The van der Waals surface area contributed by atoms with Gasteiger partial charge in [-0.3, -0.25) is 4.79 Å². The van der Waals surface area contributed by atoms with Gasteiger partial charge in [0.25, 0.3) is 0 Å². The first-order valence-corrected chi connectivity index (χ1v) is 7.41. The molecule has 0 aromatic heterocycles. The molecule has 20 heavy (non-hydrogen) atoms. The minimum atomic E-state index is 0.0472. The van der Waals surface area contributed by atoms with Crippen molar-refractivity contribution in [1.29, 1.82) is 0 Å². The highest BCUT2D eigenvalue weighted by atomic mass is 16.5. The van der Waals surface area contributed by atoms with Crippen molar-refractivity contribution in [2.75, 3.05) is 30.4 Å². The number of rotatable bonds is 5. The van der Waals surface area contributed by atoms with Gasteiger partial charge in [-0.25, -0.2) is 0 Å². The van der Waals surface area contributed by atoms with E-state index in [9.17, 15) is 4.79 Å². The molecule has 2 rings (SSSR count). The largest absolute Gasteiger partial charge is 0.384 e. The van der Waals surface area contributed by atoms with Crippen LogP contribution >= 0.6 is 0 Å². The number of anilines is 2. The van der Waals surface area contributed by atoms with Crippen molar-refractivity contribution >= 4 is 17.3 Å². The maximum absolute atomic E-state index is 11.5. The number of amides is 1. The molecule has 1 saturated heterocycles. The van der Waals surface area contributed by atoms with Crippen LogP contribution in [0.3, 0.4) is 0 Å². The lowest BCUT2D eigenvalue weighted by atomic mass is 10.0. The summed E-state index contributed by atoms with van der Waals surface area (Å²) in [5.41, 5.74) is 3.07. The molecule has 2 N–H and O–H groups in total. The van der Waals surface area contributed by atoms with Crippen molar-refractivity contribution < 1.29 is 9.53 Å². The molecule has 1 aliphatic rings. The van der Waals surface area contributed by atoms with Crippen molar-refractivity contribution in [2.24, 2.45) is 5.92 Å².